The second kappa shape index (κ2) is 4.00. The number of Topliss-reactive ketones (excluding diaryl/α,β-unsaturated/α-hetero) is 1. The van der Waals surface area contributed by atoms with Crippen molar-refractivity contribution in [1.82, 2.24) is 0 Å². The van der Waals surface area contributed by atoms with E-state index >= 15 is 0 Å². The van der Waals surface area contributed by atoms with Crippen molar-refractivity contribution < 1.29 is 14.7 Å². The largest absolute Gasteiger partial charge is 0.480 e. The van der Waals surface area contributed by atoms with Gasteiger partial charge in [0.2, 0.25) is 0 Å². The first kappa shape index (κ1) is 11.6. The van der Waals surface area contributed by atoms with Crippen molar-refractivity contribution in [3.8, 4) is 0 Å². The minimum absolute atomic E-state index is 0.304. The molecule has 0 aliphatic heterocycles. The average molecular weight is 353 g/mol. The molecule has 0 amide bonds. The molecule has 64 valence electrons. The van der Waals surface area contributed by atoms with E-state index in [2.05, 4.69) is 47.8 Å². The van der Waals surface area contributed by atoms with Crippen LogP contribution in [0.4, 0.5) is 0 Å². The summed E-state index contributed by atoms with van der Waals surface area (Å²) in [6.45, 7) is 1.29. The third-order valence-corrected chi connectivity index (χ3v) is 5.34. The monoisotopic (exact) mass is 350 g/mol. The fourth-order valence-electron chi connectivity index (χ4n) is 0.334. The third-order valence-electron chi connectivity index (χ3n) is 1.00. The van der Waals surface area contributed by atoms with Crippen LogP contribution in [-0.2, 0) is 9.59 Å². The second-order valence-electron chi connectivity index (χ2n) is 1.88. The molecule has 0 saturated carbocycles. The minimum atomic E-state index is -1.22. The summed E-state index contributed by atoms with van der Waals surface area (Å²) in [5.41, 5.74) is 0. The molecule has 0 fully saturated rings. The molecule has 1 atom stereocenters. The van der Waals surface area contributed by atoms with Crippen LogP contribution in [0.2, 0.25) is 0 Å². The van der Waals surface area contributed by atoms with E-state index in [0.717, 1.165) is 0 Å². The SMILES string of the molecule is CC(=O)C(Br)(Br)C(Br)C(=O)O. The Hall–Kier alpha value is 0.580. The number of carboxylic acids is 1. The number of alkyl halides is 3. The van der Waals surface area contributed by atoms with E-state index in [-0.39, 0.29) is 5.78 Å². The lowest BCUT2D eigenvalue weighted by molar-refractivity contribution is -0.137. The van der Waals surface area contributed by atoms with Gasteiger partial charge in [-0.3, -0.25) is 9.59 Å². The number of aliphatic carboxylic acids is 1. The van der Waals surface area contributed by atoms with Crippen LogP contribution in [0.5, 0.6) is 0 Å². The zero-order chi connectivity index (χ0) is 9.23. The van der Waals surface area contributed by atoms with Crippen molar-refractivity contribution >= 4 is 59.5 Å². The van der Waals surface area contributed by atoms with Crippen molar-refractivity contribution in [2.45, 2.75) is 15.0 Å². The molecule has 0 aromatic heterocycles. The maximum absolute atomic E-state index is 10.8. The van der Waals surface area contributed by atoms with Crippen LogP contribution in [0, 0.1) is 0 Å². The molecule has 3 nitrogen and oxygen atoms in total. The fraction of sp³-hybridized carbons (Fsp3) is 0.600. The van der Waals surface area contributed by atoms with Gasteiger partial charge < -0.3 is 5.11 Å². The summed E-state index contributed by atoms with van der Waals surface area (Å²) in [5, 5.41) is 8.51. The zero-order valence-corrected chi connectivity index (χ0v) is 10.2. The summed E-state index contributed by atoms with van der Waals surface area (Å²) in [5.74, 6) is -1.41. The number of ketones is 1. The molecule has 0 aromatic rings. The molecule has 6 heteroatoms. The summed E-state index contributed by atoms with van der Waals surface area (Å²) in [7, 11) is 0. The molecule has 0 bridgehead atoms. The van der Waals surface area contributed by atoms with Gasteiger partial charge in [-0.15, -0.1) is 0 Å². The molecule has 11 heavy (non-hydrogen) atoms. The van der Waals surface area contributed by atoms with Crippen LogP contribution in [0.1, 0.15) is 6.92 Å². The van der Waals surface area contributed by atoms with Crippen LogP contribution in [0.15, 0.2) is 0 Å². The minimum Gasteiger partial charge on any atom is -0.480 e. The summed E-state index contributed by atoms with van der Waals surface area (Å²) in [6, 6.07) is 0. The molecule has 0 spiro atoms. The molecular weight excluding hydrogens is 348 g/mol. The van der Waals surface area contributed by atoms with E-state index in [1.165, 1.54) is 6.92 Å². The maximum Gasteiger partial charge on any atom is 0.320 e. The second-order valence-corrected chi connectivity index (χ2v) is 6.36. The summed E-state index contributed by atoms with van der Waals surface area (Å²) in [4.78, 5) is 20.2. The first-order valence-corrected chi connectivity index (χ1v) is 5.06. The predicted octanol–water partition coefficient (Wildman–Crippen LogP) is 1.91. The first-order valence-electron chi connectivity index (χ1n) is 2.56. The van der Waals surface area contributed by atoms with Gasteiger partial charge in [-0.1, -0.05) is 47.8 Å². The molecule has 1 N–H and O–H groups in total. The molecule has 0 aromatic carbocycles. The molecule has 0 aliphatic carbocycles. The molecule has 0 radical (unpaired) electrons. The lowest BCUT2D eigenvalue weighted by atomic mass is 10.2. The third kappa shape index (κ3) is 2.83. The van der Waals surface area contributed by atoms with Gasteiger partial charge in [0.15, 0.2) is 9.02 Å². The van der Waals surface area contributed by atoms with Gasteiger partial charge in [0.25, 0.3) is 0 Å². The normalized spacial score (nSPS) is 14.2. The molecule has 1 unspecified atom stereocenters. The molecule has 0 rings (SSSR count). The highest BCUT2D eigenvalue weighted by Crippen LogP contribution is 2.35. The molecule has 0 heterocycles. The van der Waals surface area contributed by atoms with Crippen LogP contribution in [-0.4, -0.2) is 24.9 Å². The predicted molar refractivity (Wildman–Crippen MR) is 51.6 cm³/mol. The van der Waals surface area contributed by atoms with Crippen LogP contribution in [0.3, 0.4) is 0 Å². The smallest absolute Gasteiger partial charge is 0.320 e. The van der Waals surface area contributed by atoms with E-state index in [9.17, 15) is 9.59 Å². The van der Waals surface area contributed by atoms with Crippen molar-refractivity contribution in [1.29, 1.82) is 0 Å². The highest BCUT2D eigenvalue weighted by Gasteiger charge is 2.41. The number of carboxylic acid groups (broad SMARTS) is 1. The Morgan fingerprint density at radius 1 is 1.45 bits per heavy atom. The number of carbonyl (C=O) groups excluding carboxylic acids is 1. The Kier molecular flexibility index (Phi) is 4.21. The zero-order valence-electron chi connectivity index (χ0n) is 5.47. The number of carbonyl (C=O) groups is 2. The summed E-state index contributed by atoms with van der Waals surface area (Å²) < 4.78 is -1.22. The van der Waals surface area contributed by atoms with Gasteiger partial charge >= 0.3 is 5.97 Å². The summed E-state index contributed by atoms with van der Waals surface area (Å²) in [6.07, 6.45) is 0. The van der Waals surface area contributed by atoms with Gasteiger partial charge in [0, 0.05) is 0 Å². The molecular formula is C5H5Br3O3. The van der Waals surface area contributed by atoms with Crippen molar-refractivity contribution in [3.63, 3.8) is 0 Å². The Morgan fingerprint density at radius 3 is 1.91 bits per heavy atom. The van der Waals surface area contributed by atoms with Crippen LogP contribution >= 0.6 is 47.8 Å². The van der Waals surface area contributed by atoms with Gasteiger partial charge in [0.1, 0.15) is 4.83 Å². The maximum atomic E-state index is 10.8. The van der Waals surface area contributed by atoms with E-state index in [0.29, 0.717) is 0 Å². The van der Waals surface area contributed by atoms with Crippen LogP contribution in [0.25, 0.3) is 0 Å². The number of rotatable bonds is 3. The molecule has 0 aliphatic rings. The lowest BCUT2D eigenvalue weighted by Crippen LogP contribution is -2.38. The molecule has 0 saturated heterocycles. The highest BCUT2D eigenvalue weighted by atomic mass is 79.9. The number of halogens is 3. The Labute approximate surface area is 88.9 Å². The van der Waals surface area contributed by atoms with E-state index in [1.807, 2.05) is 0 Å². The van der Waals surface area contributed by atoms with E-state index < -0.39 is 14.0 Å². The quantitative estimate of drug-likeness (QED) is 0.789. The summed E-state index contributed by atoms with van der Waals surface area (Å²) >= 11 is 8.75. The Balaban J connectivity index is 4.55. The average Bonchev–Trinajstić information content (AvgIpc) is 1.85. The number of hydrogen-bond donors (Lipinski definition) is 1. The van der Waals surface area contributed by atoms with E-state index in [1.54, 1.807) is 0 Å². The highest BCUT2D eigenvalue weighted by molar-refractivity contribution is 9.26. The van der Waals surface area contributed by atoms with Gasteiger partial charge in [-0.05, 0) is 6.92 Å². The van der Waals surface area contributed by atoms with Crippen molar-refractivity contribution in [2.24, 2.45) is 0 Å². The topological polar surface area (TPSA) is 54.4 Å². The van der Waals surface area contributed by atoms with Gasteiger partial charge in [-0.2, -0.15) is 0 Å². The van der Waals surface area contributed by atoms with Crippen molar-refractivity contribution in [2.75, 3.05) is 0 Å². The van der Waals surface area contributed by atoms with Gasteiger partial charge in [-0.25, -0.2) is 0 Å². The van der Waals surface area contributed by atoms with E-state index in [4.69, 9.17) is 5.11 Å². The number of hydrogen-bond acceptors (Lipinski definition) is 2. The Bertz CT molecular complexity index is 189. The first-order chi connectivity index (χ1) is 4.80. The van der Waals surface area contributed by atoms with Crippen LogP contribution < -0.4 is 0 Å². The van der Waals surface area contributed by atoms with Crippen molar-refractivity contribution in [3.05, 3.63) is 0 Å². The Morgan fingerprint density at radius 2 is 1.82 bits per heavy atom. The fourth-order valence-corrected chi connectivity index (χ4v) is 1.05. The van der Waals surface area contributed by atoms with Gasteiger partial charge in [0.05, 0.1) is 0 Å². The lowest BCUT2D eigenvalue weighted by Gasteiger charge is -2.19. The standard InChI is InChI=1S/C5H5Br3O3/c1-2(9)5(7,8)3(6)4(10)11/h3H,1H3,(H,10,11).